The normalized spacial score (nSPS) is 15.4. The van der Waals surface area contributed by atoms with E-state index in [0.717, 1.165) is 94.1 Å². The van der Waals surface area contributed by atoms with Gasteiger partial charge in [-0.05, 0) is 148 Å². The number of hydrogen-bond donors (Lipinski definition) is 0. The van der Waals surface area contributed by atoms with Gasteiger partial charge in [-0.2, -0.15) is 0 Å². The second-order valence-corrected chi connectivity index (χ2v) is 23.2. The third-order valence-corrected chi connectivity index (χ3v) is 18.2. The lowest BCUT2D eigenvalue weighted by Crippen LogP contribution is -2.37. The summed E-state index contributed by atoms with van der Waals surface area (Å²) in [5, 5.41) is 1.23. The summed E-state index contributed by atoms with van der Waals surface area (Å²) in [4.78, 5) is 13.3. The SMILES string of the molecule is Cn1c2c(c(-c3ccc(C4=CCC5C(=C4)N=C(c4ccc(-c6ccccc6)cc4)N5c4ccccc4)cc3)c1-c1c(-c3ccc(-c4ccc5c(c4)nc(-c4ccc(C6=CC=CCC6)cc4)n5-c4ccccc4)cc3)c3ccccc3n1C)CCC=C2. The Morgan fingerprint density at radius 2 is 1.05 bits per heavy atom. The molecule has 9 aromatic carbocycles. The predicted molar refractivity (Wildman–Crippen MR) is 359 cm³/mol. The third kappa shape index (κ3) is 8.79. The summed E-state index contributed by atoms with van der Waals surface area (Å²) >= 11 is 0. The number of aromatic nitrogens is 4. The smallest absolute Gasteiger partial charge is 0.145 e. The van der Waals surface area contributed by atoms with Crippen molar-refractivity contribution in [1.82, 2.24) is 18.7 Å². The summed E-state index contributed by atoms with van der Waals surface area (Å²) < 4.78 is 7.18. The number of aryl methyl sites for hydroxylation is 1. The first-order chi connectivity index (χ1) is 42.5. The molecule has 3 aromatic heterocycles. The highest BCUT2D eigenvalue weighted by Gasteiger charge is 2.36. The van der Waals surface area contributed by atoms with Gasteiger partial charge in [-0.25, -0.2) is 9.98 Å². The molecule has 1 unspecified atom stereocenters. The zero-order chi connectivity index (χ0) is 57.2. The second-order valence-electron chi connectivity index (χ2n) is 23.2. The summed E-state index contributed by atoms with van der Waals surface area (Å²) in [6, 6.07) is 84.1. The molecule has 0 spiro atoms. The molecule has 0 saturated carbocycles. The van der Waals surface area contributed by atoms with Gasteiger partial charge in [0.05, 0.1) is 34.2 Å². The summed E-state index contributed by atoms with van der Waals surface area (Å²) in [5.74, 6) is 1.92. The highest BCUT2D eigenvalue weighted by Crippen LogP contribution is 2.49. The number of para-hydroxylation sites is 3. The lowest BCUT2D eigenvalue weighted by atomic mass is 9.90. The Kier molecular flexibility index (Phi) is 12.6. The first-order valence-electron chi connectivity index (χ1n) is 30.2. The number of allylic oxidation sites excluding steroid dienone is 7. The molecular weight excluding hydrogens is 1040 g/mol. The predicted octanol–water partition coefficient (Wildman–Crippen LogP) is 19.6. The van der Waals surface area contributed by atoms with E-state index < -0.39 is 0 Å². The van der Waals surface area contributed by atoms with Gasteiger partial charge in [0, 0.05) is 64.3 Å². The van der Waals surface area contributed by atoms with Crippen LogP contribution in [-0.4, -0.2) is 30.6 Å². The van der Waals surface area contributed by atoms with Crippen molar-refractivity contribution in [2.24, 2.45) is 19.1 Å². The van der Waals surface area contributed by atoms with Crippen molar-refractivity contribution in [2.75, 3.05) is 4.90 Å². The number of fused-ring (bicyclic) bond motifs is 4. The Hall–Kier alpha value is -10.6. The number of aliphatic imine (C=N–C) groups is 1. The van der Waals surface area contributed by atoms with Gasteiger partial charge in [0.15, 0.2) is 0 Å². The van der Waals surface area contributed by atoms with Crippen LogP contribution < -0.4 is 4.90 Å². The zero-order valence-electron chi connectivity index (χ0n) is 48.3. The number of rotatable bonds is 11. The molecule has 0 saturated heterocycles. The van der Waals surface area contributed by atoms with Crippen LogP contribution >= 0.6 is 0 Å². The second kappa shape index (κ2) is 21.3. The fourth-order valence-corrected chi connectivity index (χ4v) is 13.9. The molecule has 4 aliphatic rings. The van der Waals surface area contributed by atoms with Crippen molar-refractivity contribution < 1.29 is 0 Å². The van der Waals surface area contributed by atoms with Crippen LogP contribution in [0.4, 0.5) is 5.69 Å². The quantitative estimate of drug-likeness (QED) is 0.130. The lowest BCUT2D eigenvalue weighted by Gasteiger charge is -2.29. The molecule has 0 amide bonds. The van der Waals surface area contributed by atoms with E-state index in [0.29, 0.717) is 0 Å². The molecule has 0 radical (unpaired) electrons. The summed E-state index contributed by atoms with van der Waals surface area (Å²) in [5.41, 5.74) is 28.6. The number of amidine groups is 1. The molecule has 6 nitrogen and oxygen atoms in total. The van der Waals surface area contributed by atoms with Gasteiger partial charge in [0.1, 0.15) is 11.7 Å². The van der Waals surface area contributed by atoms with Crippen LogP contribution in [0.5, 0.6) is 0 Å². The Balaban J connectivity index is 0.742. The van der Waals surface area contributed by atoms with Crippen LogP contribution in [0.2, 0.25) is 0 Å². The topological polar surface area (TPSA) is 43.3 Å². The van der Waals surface area contributed by atoms with Gasteiger partial charge in [0.25, 0.3) is 0 Å². The summed E-state index contributed by atoms with van der Waals surface area (Å²) in [6.07, 6.45) is 21.0. The number of nitrogens with zero attached hydrogens (tertiary/aromatic N) is 6. The molecule has 0 fully saturated rings. The number of anilines is 1. The van der Waals surface area contributed by atoms with Gasteiger partial charge in [-0.3, -0.25) is 4.57 Å². The monoisotopic (exact) mass is 1110 g/mol. The van der Waals surface area contributed by atoms with Crippen LogP contribution in [0.1, 0.15) is 53.6 Å². The Labute approximate surface area is 502 Å². The number of hydrogen-bond acceptors (Lipinski definition) is 3. The van der Waals surface area contributed by atoms with E-state index in [2.05, 4.69) is 306 Å². The first kappa shape index (κ1) is 51.1. The molecular formula is C80H62N6. The van der Waals surface area contributed by atoms with Crippen LogP contribution in [0.25, 0.3) is 112 Å². The standard InChI is InChI=1S/C80H62N6/c1-83-71-29-17-15-27-67(71)75(59-39-31-57(32-40-59)63-47-49-73-69(51-63)81-79(85(73)65-23-11-5-12-24-65)61-43-35-55(36-44-61)53-19-7-3-8-20-53)77(83)78-76(68-28-16-18-30-72(68)84(78)2)60-41-33-58(34-42-60)64-48-50-74-70(52-64)82-80(86(74)66-25-13-6-14-26-66)62-45-37-56(38-46-62)54-21-9-4-10-22-54/h3-9,11-14,16-21,23-26,28-48,50-52,73H,10,15,22,27,49H2,1-2H3. The summed E-state index contributed by atoms with van der Waals surface area (Å²) in [6.45, 7) is 0. The molecule has 412 valence electrons. The summed E-state index contributed by atoms with van der Waals surface area (Å²) in [7, 11) is 4.51. The molecule has 0 N–H and O–H groups in total. The molecule has 12 aromatic rings. The maximum atomic E-state index is 5.45. The van der Waals surface area contributed by atoms with Crippen molar-refractivity contribution in [3.05, 3.63) is 301 Å². The zero-order valence-corrected chi connectivity index (χ0v) is 48.3. The Morgan fingerprint density at radius 3 is 1.78 bits per heavy atom. The highest BCUT2D eigenvalue weighted by atomic mass is 15.3. The van der Waals surface area contributed by atoms with E-state index in [1.807, 2.05) is 0 Å². The van der Waals surface area contributed by atoms with E-state index in [4.69, 9.17) is 9.98 Å². The van der Waals surface area contributed by atoms with Gasteiger partial charge < -0.3 is 14.0 Å². The van der Waals surface area contributed by atoms with E-state index >= 15 is 0 Å². The maximum Gasteiger partial charge on any atom is 0.145 e. The molecule has 1 atom stereocenters. The largest absolute Gasteiger partial charge is 0.342 e. The average Bonchev–Trinajstić information content (AvgIpc) is 1.82. The average molecular weight is 1110 g/mol. The van der Waals surface area contributed by atoms with Gasteiger partial charge >= 0.3 is 0 Å². The van der Waals surface area contributed by atoms with E-state index in [-0.39, 0.29) is 6.04 Å². The molecule has 1 aliphatic heterocycles. The van der Waals surface area contributed by atoms with Gasteiger partial charge in [0.2, 0.25) is 0 Å². The van der Waals surface area contributed by atoms with Crippen molar-refractivity contribution in [2.45, 2.75) is 38.1 Å². The fourth-order valence-electron chi connectivity index (χ4n) is 13.9. The molecule has 4 heterocycles. The minimum absolute atomic E-state index is 0.104. The van der Waals surface area contributed by atoms with Crippen molar-refractivity contribution >= 4 is 50.7 Å². The highest BCUT2D eigenvalue weighted by molar-refractivity contribution is 6.14. The lowest BCUT2D eigenvalue weighted by molar-refractivity contribution is 0.784. The molecule has 86 heavy (non-hydrogen) atoms. The van der Waals surface area contributed by atoms with Crippen LogP contribution in [0, 0.1) is 0 Å². The molecule has 16 rings (SSSR count). The third-order valence-electron chi connectivity index (χ3n) is 18.2. The maximum absolute atomic E-state index is 5.45. The van der Waals surface area contributed by atoms with E-state index in [1.54, 1.807) is 0 Å². The fraction of sp³-hybridized carbons (Fsp3) is 0.100. The van der Waals surface area contributed by atoms with Gasteiger partial charge in [-0.1, -0.05) is 218 Å². The van der Waals surface area contributed by atoms with E-state index in [1.165, 1.54) is 89.2 Å². The van der Waals surface area contributed by atoms with E-state index in [9.17, 15) is 0 Å². The molecule has 6 heteroatoms. The molecule has 3 aliphatic carbocycles. The molecule has 0 bridgehead atoms. The van der Waals surface area contributed by atoms with Gasteiger partial charge in [-0.15, -0.1) is 0 Å². The van der Waals surface area contributed by atoms with Crippen LogP contribution in [0.15, 0.2) is 278 Å². The number of benzene rings is 9. The van der Waals surface area contributed by atoms with Crippen molar-refractivity contribution in [3.8, 4) is 73.0 Å². The van der Waals surface area contributed by atoms with Crippen LogP contribution in [-0.2, 0) is 20.5 Å². The Morgan fingerprint density at radius 1 is 0.465 bits per heavy atom. The van der Waals surface area contributed by atoms with Crippen molar-refractivity contribution in [3.63, 3.8) is 0 Å². The van der Waals surface area contributed by atoms with Crippen LogP contribution in [0.3, 0.4) is 0 Å². The number of imidazole rings is 1. The minimum atomic E-state index is 0.104. The minimum Gasteiger partial charge on any atom is -0.342 e. The van der Waals surface area contributed by atoms with Crippen molar-refractivity contribution in [1.29, 1.82) is 0 Å². The first-order valence-corrected chi connectivity index (χ1v) is 30.2. The Bertz CT molecular complexity index is 4790.